The largest absolute Gasteiger partial charge is 0.462 e. The Hall–Kier alpha value is -0.980. The summed E-state index contributed by atoms with van der Waals surface area (Å²) in [6.07, 6.45) is 0. The number of hydrogen-bond acceptors (Lipinski definition) is 7. The number of halogens is 1. The van der Waals surface area contributed by atoms with E-state index in [0.29, 0.717) is 29.8 Å². The standard InChI is InChI=1S/C19H33N5O3S.HI/c1-6-20-19(21-12-13(3)24-8-10-26-11-9-24)23-15(5)17-22-14(4)16(28-17)18(25)27-7-2;/h13,15H,6-12H2,1-5H3,(H2,20,21,23);1H. The molecule has 0 amide bonds. The van der Waals surface area contributed by atoms with Crippen LogP contribution in [0.3, 0.4) is 0 Å². The molecule has 2 unspecified atom stereocenters. The number of thiazole rings is 1. The number of esters is 1. The maximum Gasteiger partial charge on any atom is 0.350 e. The maximum absolute atomic E-state index is 12.0. The van der Waals surface area contributed by atoms with Crippen molar-refractivity contribution in [1.29, 1.82) is 0 Å². The van der Waals surface area contributed by atoms with E-state index in [-0.39, 0.29) is 36.0 Å². The zero-order valence-electron chi connectivity index (χ0n) is 18.0. The molecule has 1 aromatic heterocycles. The van der Waals surface area contributed by atoms with Crippen LogP contribution >= 0.6 is 35.3 Å². The van der Waals surface area contributed by atoms with E-state index in [1.165, 1.54) is 11.3 Å². The summed E-state index contributed by atoms with van der Waals surface area (Å²) >= 11 is 1.37. The van der Waals surface area contributed by atoms with Gasteiger partial charge in [-0.15, -0.1) is 35.3 Å². The van der Waals surface area contributed by atoms with E-state index in [1.807, 2.05) is 20.8 Å². The van der Waals surface area contributed by atoms with E-state index in [4.69, 9.17) is 14.5 Å². The molecule has 2 heterocycles. The van der Waals surface area contributed by atoms with Crippen molar-refractivity contribution in [2.45, 2.75) is 46.7 Å². The number of rotatable bonds is 8. The number of guanidine groups is 1. The molecule has 1 aromatic rings. The van der Waals surface area contributed by atoms with Crippen molar-refractivity contribution in [3.8, 4) is 0 Å². The predicted octanol–water partition coefficient (Wildman–Crippen LogP) is 2.58. The van der Waals surface area contributed by atoms with Crippen LogP contribution in [0.1, 0.15) is 54.1 Å². The molecule has 0 aromatic carbocycles. The predicted molar refractivity (Wildman–Crippen MR) is 128 cm³/mol. The lowest BCUT2D eigenvalue weighted by atomic mass is 10.2. The average molecular weight is 539 g/mol. The number of aryl methyl sites for hydroxylation is 1. The minimum absolute atomic E-state index is 0. The van der Waals surface area contributed by atoms with E-state index < -0.39 is 0 Å². The van der Waals surface area contributed by atoms with Gasteiger partial charge in [-0.05, 0) is 34.6 Å². The quantitative estimate of drug-likeness (QED) is 0.227. The van der Waals surface area contributed by atoms with Crippen molar-refractivity contribution in [2.24, 2.45) is 4.99 Å². The number of carbonyl (C=O) groups excluding carboxylic acids is 1. The molecule has 0 bridgehead atoms. The first-order valence-corrected chi connectivity index (χ1v) is 10.8. The lowest BCUT2D eigenvalue weighted by molar-refractivity contribution is 0.0220. The van der Waals surface area contributed by atoms with Crippen molar-refractivity contribution in [1.82, 2.24) is 20.5 Å². The number of carbonyl (C=O) groups is 1. The summed E-state index contributed by atoms with van der Waals surface area (Å²) in [5, 5.41) is 7.52. The number of nitrogens with zero attached hydrogens (tertiary/aromatic N) is 3. The van der Waals surface area contributed by atoms with Gasteiger partial charge in [0.25, 0.3) is 0 Å². The number of aromatic nitrogens is 1. The maximum atomic E-state index is 12.0. The molecule has 29 heavy (non-hydrogen) atoms. The minimum Gasteiger partial charge on any atom is -0.462 e. The zero-order chi connectivity index (χ0) is 20.5. The Balaban J connectivity index is 0.00000420. The highest BCUT2D eigenvalue weighted by Gasteiger charge is 2.21. The molecule has 0 saturated carbocycles. The van der Waals surface area contributed by atoms with E-state index in [0.717, 1.165) is 43.8 Å². The van der Waals surface area contributed by atoms with Crippen LogP contribution in [0, 0.1) is 6.92 Å². The Morgan fingerprint density at radius 1 is 1.34 bits per heavy atom. The average Bonchev–Trinajstić information content (AvgIpc) is 3.09. The van der Waals surface area contributed by atoms with Crippen molar-refractivity contribution in [3.63, 3.8) is 0 Å². The molecule has 2 N–H and O–H groups in total. The topological polar surface area (TPSA) is 88.1 Å². The zero-order valence-corrected chi connectivity index (χ0v) is 21.1. The summed E-state index contributed by atoms with van der Waals surface area (Å²) in [7, 11) is 0. The summed E-state index contributed by atoms with van der Waals surface area (Å²) in [5.41, 5.74) is 0.704. The first-order chi connectivity index (χ1) is 13.5. The van der Waals surface area contributed by atoms with Gasteiger partial charge in [0.2, 0.25) is 0 Å². The number of ether oxygens (including phenoxy) is 2. The van der Waals surface area contributed by atoms with E-state index in [2.05, 4.69) is 27.4 Å². The highest BCUT2D eigenvalue weighted by Crippen LogP contribution is 2.24. The summed E-state index contributed by atoms with van der Waals surface area (Å²) in [5.74, 6) is 0.441. The fraction of sp³-hybridized carbons (Fsp3) is 0.737. The summed E-state index contributed by atoms with van der Waals surface area (Å²) < 4.78 is 10.5. The second-order valence-electron chi connectivity index (χ2n) is 6.77. The molecule has 0 spiro atoms. The van der Waals surface area contributed by atoms with Gasteiger partial charge in [-0.1, -0.05) is 0 Å². The molecule has 0 radical (unpaired) electrons. The molecule has 2 atom stereocenters. The lowest BCUT2D eigenvalue weighted by Gasteiger charge is -2.31. The smallest absolute Gasteiger partial charge is 0.350 e. The van der Waals surface area contributed by atoms with Gasteiger partial charge >= 0.3 is 5.97 Å². The molecule has 2 rings (SSSR count). The fourth-order valence-corrected chi connectivity index (χ4v) is 3.90. The van der Waals surface area contributed by atoms with Gasteiger partial charge in [0.15, 0.2) is 5.96 Å². The molecule has 10 heteroatoms. The number of nitrogens with one attached hydrogen (secondary N) is 2. The Labute approximate surface area is 194 Å². The van der Waals surface area contributed by atoms with Gasteiger partial charge in [0.05, 0.1) is 38.1 Å². The van der Waals surface area contributed by atoms with Gasteiger partial charge in [0, 0.05) is 25.7 Å². The SMILES string of the molecule is CCNC(=NCC(C)N1CCOCC1)NC(C)c1nc(C)c(C(=O)OCC)s1.I. The molecule has 166 valence electrons. The Morgan fingerprint density at radius 2 is 2.03 bits per heavy atom. The fourth-order valence-electron chi connectivity index (χ4n) is 2.93. The highest BCUT2D eigenvalue weighted by molar-refractivity contribution is 14.0. The molecule has 1 saturated heterocycles. The van der Waals surface area contributed by atoms with Crippen LogP contribution in [0.15, 0.2) is 4.99 Å². The minimum atomic E-state index is -0.309. The van der Waals surface area contributed by atoms with E-state index in [1.54, 1.807) is 6.92 Å². The van der Waals surface area contributed by atoms with Crippen LogP contribution in [0.5, 0.6) is 0 Å². The van der Waals surface area contributed by atoms with Crippen molar-refractivity contribution < 1.29 is 14.3 Å². The Bertz CT molecular complexity index is 664. The summed E-state index contributed by atoms with van der Waals surface area (Å²) in [6.45, 7) is 15.2. The van der Waals surface area contributed by atoms with Crippen molar-refractivity contribution in [2.75, 3.05) is 46.0 Å². The monoisotopic (exact) mass is 539 g/mol. The Kier molecular flexibility index (Phi) is 12.0. The van der Waals surface area contributed by atoms with Crippen LogP contribution in [0.4, 0.5) is 0 Å². The number of aliphatic imine (C=N–C) groups is 1. The third-order valence-corrected chi connectivity index (χ3v) is 5.84. The van der Waals surface area contributed by atoms with E-state index >= 15 is 0 Å². The van der Waals surface area contributed by atoms with Crippen molar-refractivity contribution >= 4 is 47.2 Å². The molecular formula is C19H34IN5O3S. The highest BCUT2D eigenvalue weighted by atomic mass is 127. The van der Waals surface area contributed by atoms with Crippen LogP contribution in [0.2, 0.25) is 0 Å². The normalized spacial score (nSPS) is 17.2. The number of morpholine rings is 1. The number of hydrogen-bond donors (Lipinski definition) is 2. The van der Waals surface area contributed by atoms with E-state index in [9.17, 15) is 4.79 Å². The van der Waals surface area contributed by atoms with Crippen LogP contribution in [-0.2, 0) is 9.47 Å². The van der Waals surface area contributed by atoms with Gasteiger partial charge in [0.1, 0.15) is 9.88 Å². The van der Waals surface area contributed by atoms with Crippen LogP contribution in [-0.4, -0.2) is 73.9 Å². The molecular weight excluding hydrogens is 505 g/mol. The van der Waals surface area contributed by atoms with Crippen LogP contribution in [0.25, 0.3) is 0 Å². The molecule has 8 nitrogen and oxygen atoms in total. The lowest BCUT2D eigenvalue weighted by Crippen LogP contribution is -2.44. The third kappa shape index (κ3) is 7.99. The van der Waals surface area contributed by atoms with Crippen molar-refractivity contribution in [3.05, 3.63) is 15.6 Å². The summed E-state index contributed by atoms with van der Waals surface area (Å²) in [6, 6.07) is 0.288. The Morgan fingerprint density at radius 3 is 2.66 bits per heavy atom. The molecule has 0 aliphatic carbocycles. The molecule has 1 aliphatic rings. The third-order valence-electron chi connectivity index (χ3n) is 4.52. The van der Waals surface area contributed by atoms with Gasteiger partial charge < -0.3 is 20.1 Å². The molecule has 1 aliphatic heterocycles. The summed E-state index contributed by atoms with van der Waals surface area (Å²) in [4.78, 5) is 24.3. The van der Waals surface area contributed by atoms with Gasteiger partial charge in [-0.2, -0.15) is 0 Å². The second kappa shape index (κ2) is 13.3. The van der Waals surface area contributed by atoms with Gasteiger partial charge in [-0.3, -0.25) is 9.89 Å². The van der Waals surface area contributed by atoms with Crippen LogP contribution < -0.4 is 10.6 Å². The second-order valence-corrected chi connectivity index (χ2v) is 7.80. The first-order valence-electron chi connectivity index (χ1n) is 9.97. The molecule has 1 fully saturated rings. The van der Waals surface area contributed by atoms with Gasteiger partial charge in [-0.25, -0.2) is 9.78 Å². The first kappa shape index (κ1) is 26.1.